The Hall–Kier alpha value is -2.03. The van der Waals surface area contributed by atoms with Crippen molar-refractivity contribution in [3.05, 3.63) is 54.0 Å². The van der Waals surface area contributed by atoms with Crippen molar-refractivity contribution in [2.45, 2.75) is 24.2 Å². The Morgan fingerprint density at radius 3 is 2.59 bits per heavy atom. The molecule has 0 unspecified atom stereocenters. The third-order valence-electron chi connectivity index (χ3n) is 4.66. The Bertz CT molecular complexity index is 879. The quantitative estimate of drug-likeness (QED) is 0.817. The minimum absolute atomic E-state index is 0.166. The minimum Gasteiger partial charge on any atom is -0.379 e. The van der Waals surface area contributed by atoms with Gasteiger partial charge in [0, 0.05) is 31.2 Å². The van der Waals surface area contributed by atoms with Crippen molar-refractivity contribution >= 4 is 15.8 Å². The Morgan fingerprint density at radius 1 is 1.22 bits per heavy atom. The maximum Gasteiger partial charge on any atom is 0.244 e. The van der Waals surface area contributed by atoms with E-state index in [4.69, 9.17) is 4.74 Å². The lowest BCUT2D eigenvalue weighted by Gasteiger charge is -2.27. The topological polar surface area (TPSA) is 71.5 Å². The fraction of sp³-hybridized carbons (Fsp3) is 0.421. The molecule has 146 valence electrons. The van der Waals surface area contributed by atoms with E-state index in [-0.39, 0.29) is 16.1 Å². The van der Waals surface area contributed by atoms with E-state index in [1.165, 1.54) is 22.6 Å². The number of halogens is 1. The third-order valence-corrected chi connectivity index (χ3v) is 6.54. The van der Waals surface area contributed by atoms with Gasteiger partial charge in [-0.15, -0.1) is 0 Å². The van der Waals surface area contributed by atoms with E-state index >= 15 is 0 Å². The number of ether oxygens (including phenoxy) is 1. The lowest BCUT2D eigenvalue weighted by atomic mass is 9.84. The summed E-state index contributed by atoms with van der Waals surface area (Å²) >= 11 is 0. The molecule has 0 saturated carbocycles. The molecular weight excluding hydrogens is 369 g/mol. The van der Waals surface area contributed by atoms with Crippen LogP contribution in [0.15, 0.2) is 47.5 Å². The monoisotopic (exact) mass is 393 g/mol. The number of hydrogen-bond acceptors (Lipinski definition) is 5. The highest BCUT2D eigenvalue weighted by molar-refractivity contribution is 7.89. The summed E-state index contributed by atoms with van der Waals surface area (Å²) in [4.78, 5) is 4.40. The number of anilines is 1. The van der Waals surface area contributed by atoms with E-state index in [1.807, 2.05) is 19.9 Å². The molecule has 0 bridgehead atoms. The molecule has 3 rings (SSSR count). The van der Waals surface area contributed by atoms with Gasteiger partial charge in [0.15, 0.2) is 0 Å². The number of hydrogen-bond donors (Lipinski definition) is 1. The highest BCUT2D eigenvalue weighted by Gasteiger charge is 2.26. The van der Waals surface area contributed by atoms with Gasteiger partial charge in [-0.1, -0.05) is 26.0 Å². The molecule has 0 atom stereocenters. The highest BCUT2D eigenvalue weighted by Crippen LogP contribution is 2.24. The van der Waals surface area contributed by atoms with E-state index in [0.717, 1.165) is 5.56 Å². The fourth-order valence-electron chi connectivity index (χ4n) is 2.90. The summed E-state index contributed by atoms with van der Waals surface area (Å²) in [7, 11) is -3.55. The van der Waals surface area contributed by atoms with Crippen LogP contribution in [0.25, 0.3) is 0 Å². The van der Waals surface area contributed by atoms with Gasteiger partial charge in [-0.25, -0.2) is 17.8 Å². The van der Waals surface area contributed by atoms with E-state index in [0.29, 0.717) is 38.7 Å². The van der Waals surface area contributed by atoms with Crippen LogP contribution in [0.1, 0.15) is 19.4 Å². The lowest BCUT2D eigenvalue weighted by molar-refractivity contribution is 0.0730. The first kappa shape index (κ1) is 19.7. The number of pyridine rings is 1. The first-order valence-corrected chi connectivity index (χ1v) is 10.3. The number of benzene rings is 1. The molecule has 1 aromatic heterocycles. The smallest absolute Gasteiger partial charge is 0.244 e. The van der Waals surface area contributed by atoms with E-state index in [2.05, 4.69) is 10.3 Å². The normalized spacial score (nSPS) is 16.3. The largest absolute Gasteiger partial charge is 0.379 e. The second-order valence-corrected chi connectivity index (χ2v) is 9.08. The van der Waals surface area contributed by atoms with Crippen LogP contribution in [0.5, 0.6) is 0 Å². The molecule has 8 heteroatoms. The Kier molecular flexibility index (Phi) is 5.78. The number of nitrogens with zero attached hydrogens (tertiary/aromatic N) is 2. The van der Waals surface area contributed by atoms with Crippen LogP contribution < -0.4 is 5.32 Å². The van der Waals surface area contributed by atoms with E-state index in [9.17, 15) is 12.8 Å². The molecule has 2 aromatic rings. The molecule has 1 aromatic carbocycles. The maximum absolute atomic E-state index is 13.5. The van der Waals surface area contributed by atoms with E-state index in [1.54, 1.807) is 18.2 Å². The molecule has 1 fully saturated rings. The predicted molar refractivity (Wildman–Crippen MR) is 102 cm³/mol. The first-order chi connectivity index (χ1) is 12.8. The maximum atomic E-state index is 13.5. The number of morpholine rings is 1. The molecule has 27 heavy (non-hydrogen) atoms. The molecule has 0 radical (unpaired) electrons. The van der Waals surface area contributed by atoms with E-state index < -0.39 is 10.0 Å². The zero-order chi connectivity index (χ0) is 19.5. The predicted octanol–water partition coefficient (Wildman–Crippen LogP) is 2.63. The number of sulfonamides is 1. The summed E-state index contributed by atoms with van der Waals surface area (Å²) < 4.78 is 45.3. The second kappa shape index (κ2) is 7.92. The van der Waals surface area contributed by atoms with Crippen molar-refractivity contribution in [1.29, 1.82) is 0 Å². The molecule has 0 amide bonds. The zero-order valence-corrected chi connectivity index (χ0v) is 16.3. The Labute approximate surface area is 159 Å². The molecule has 2 heterocycles. The average molecular weight is 393 g/mol. The van der Waals surface area contributed by atoms with Crippen LogP contribution in [-0.4, -0.2) is 50.6 Å². The van der Waals surface area contributed by atoms with Crippen molar-refractivity contribution < 1.29 is 17.5 Å². The number of aromatic nitrogens is 1. The summed E-state index contributed by atoms with van der Waals surface area (Å²) in [5, 5.41) is 3.20. The molecule has 6 nitrogen and oxygen atoms in total. The zero-order valence-electron chi connectivity index (χ0n) is 15.5. The Morgan fingerprint density at radius 2 is 1.96 bits per heavy atom. The van der Waals surface area contributed by atoms with Crippen LogP contribution in [0.4, 0.5) is 10.2 Å². The molecule has 1 aliphatic rings. The second-order valence-electron chi connectivity index (χ2n) is 7.14. The highest BCUT2D eigenvalue weighted by atomic mass is 32.2. The van der Waals surface area contributed by atoms with Gasteiger partial charge >= 0.3 is 0 Å². The number of nitrogens with one attached hydrogen (secondary N) is 1. The summed E-state index contributed by atoms with van der Waals surface area (Å²) in [6, 6.07) is 9.71. The third kappa shape index (κ3) is 4.63. The molecule has 0 spiro atoms. The van der Waals surface area contributed by atoms with Crippen molar-refractivity contribution in [3.8, 4) is 0 Å². The van der Waals surface area contributed by atoms with Crippen LogP contribution in [0.2, 0.25) is 0 Å². The van der Waals surface area contributed by atoms with Gasteiger partial charge in [-0.3, -0.25) is 0 Å². The molecule has 1 N–H and O–H groups in total. The van der Waals surface area contributed by atoms with Crippen molar-refractivity contribution in [3.63, 3.8) is 0 Å². The van der Waals surface area contributed by atoms with Crippen molar-refractivity contribution in [1.82, 2.24) is 9.29 Å². The van der Waals surface area contributed by atoms with Gasteiger partial charge in [0.2, 0.25) is 10.0 Å². The molecule has 1 saturated heterocycles. The number of rotatable bonds is 6. The van der Waals surface area contributed by atoms with Crippen LogP contribution >= 0.6 is 0 Å². The summed E-state index contributed by atoms with van der Waals surface area (Å²) in [5.74, 6) is 0.303. The minimum atomic E-state index is -3.55. The van der Waals surface area contributed by atoms with Crippen molar-refractivity contribution in [2.24, 2.45) is 0 Å². The van der Waals surface area contributed by atoms with Gasteiger partial charge in [0.05, 0.1) is 13.2 Å². The standard InChI is InChI=1S/C19H24FN3O3S/c1-19(2,15-4-3-5-16(20)12-15)14-22-18-7-6-17(13-21-18)27(24,25)23-8-10-26-11-9-23/h3-7,12-13H,8-11,14H2,1-2H3,(H,21,22). The summed E-state index contributed by atoms with van der Waals surface area (Å²) in [6.45, 7) is 6.05. The lowest BCUT2D eigenvalue weighted by Crippen LogP contribution is -2.40. The van der Waals surface area contributed by atoms with Crippen molar-refractivity contribution in [2.75, 3.05) is 38.2 Å². The Balaban J connectivity index is 1.67. The average Bonchev–Trinajstić information content (AvgIpc) is 2.67. The molecule has 1 aliphatic heterocycles. The van der Waals surface area contributed by atoms with Gasteiger partial charge in [0.1, 0.15) is 16.5 Å². The van der Waals surface area contributed by atoms with Crippen LogP contribution in [-0.2, 0) is 20.2 Å². The summed E-state index contributed by atoms with van der Waals surface area (Å²) in [5.41, 5.74) is 0.559. The molecule has 0 aliphatic carbocycles. The fourth-order valence-corrected chi connectivity index (χ4v) is 4.25. The SMILES string of the molecule is CC(C)(CNc1ccc(S(=O)(=O)N2CCOCC2)cn1)c1cccc(F)c1. The molecular formula is C19H24FN3O3S. The van der Waals surface area contributed by atoms with Crippen LogP contribution in [0.3, 0.4) is 0 Å². The first-order valence-electron chi connectivity index (χ1n) is 8.83. The van der Waals surface area contributed by atoms with Crippen LogP contribution in [0, 0.1) is 5.82 Å². The van der Waals surface area contributed by atoms with Gasteiger partial charge in [-0.2, -0.15) is 4.31 Å². The van der Waals surface area contributed by atoms with Gasteiger partial charge in [0.25, 0.3) is 0 Å². The summed E-state index contributed by atoms with van der Waals surface area (Å²) in [6.07, 6.45) is 1.36. The van der Waals surface area contributed by atoms with Gasteiger partial charge in [-0.05, 0) is 29.8 Å². The van der Waals surface area contributed by atoms with Gasteiger partial charge < -0.3 is 10.1 Å².